The molecule has 24 heavy (non-hydrogen) atoms. The van der Waals surface area contributed by atoms with Crippen LogP contribution in [0.5, 0.6) is 0 Å². The molecule has 3 rings (SSSR count). The minimum Gasteiger partial charge on any atom is -0.339 e. The van der Waals surface area contributed by atoms with Gasteiger partial charge in [-0.05, 0) is 32.6 Å². The maximum atomic E-state index is 12.7. The summed E-state index contributed by atoms with van der Waals surface area (Å²) in [6.07, 6.45) is 5.95. The van der Waals surface area contributed by atoms with E-state index in [1.54, 1.807) is 11.3 Å². The van der Waals surface area contributed by atoms with Gasteiger partial charge < -0.3 is 9.42 Å². The Balaban J connectivity index is 1.56. The van der Waals surface area contributed by atoms with E-state index in [0.29, 0.717) is 18.7 Å². The van der Waals surface area contributed by atoms with Gasteiger partial charge in [-0.15, -0.1) is 11.3 Å². The average molecular weight is 348 g/mol. The molecule has 0 spiro atoms. The second-order valence-corrected chi connectivity index (χ2v) is 7.13. The molecule has 1 aliphatic heterocycles. The van der Waals surface area contributed by atoms with Crippen molar-refractivity contribution < 1.29 is 9.32 Å². The number of thiazole rings is 1. The van der Waals surface area contributed by atoms with Crippen molar-refractivity contribution in [2.75, 3.05) is 6.54 Å². The van der Waals surface area contributed by atoms with Gasteiger partial charge in [0.15, 0.2) is 5.82 Å². The highest BCUT2D eigenvalue weighted by atomic mass is 32.1. The summed E-state index contributed by atoms with van der Waals surface area (Å²) in [6.45, 7) is 4.83. The fraction of sp³-hybridized carbons (Fsp3) is 0.647. The van der Waals surface area contributed by atoms with Crippen molar-refractivity contribution in [1.29, 1.82) is 0 Å². The number of carbonyl (C=O) groups is 1. The van der Waals surface area contributed by atoms with Crippen LogP contribution in [0.1, 0.15) is 67.5 Å². The van der Waals surface area contributed by atoms with E-state index in [1.807, 2.05) is 18.7 Å². The summed E-state index contributed by atoms with van der Waals surface area (Å²) >= 11 is 1.66. The van der Waals surface area contributed by atoms with E-state index in [9.17, 15) is 4.79 Å². The zero-order valence-corrected chi connectivity index (χ0v) is 15.1. The van der Waals surface area contributed by atoms with Gasteiger partial charge in [0.05, 0.1) is 6.04 Å². The number of nitrogens with zero attached hydrogens (tertiary/aromatic N) is 4. The predicted octanol–water partition coefficient (Wildman–Crippen LogP) is 3.47. The Morgan fingerprint density at radius 3 is 3.00 bits per heavy atom. The molecule has 3 heterocycles. The van der Waals surface area contributed by atoms with Gasteiger partial charge in [-0.1, -0.05) is 12.1 Å². The Morgan fingerprint density at radius 2 is 2.29 bits per heavy atom. The normalized spacial score (nSPS) is 18.1. The highest BCUT2D eigenvalue weighted by molar-refractivity contribution is 7.09. The summed E-state index contributed by atoms with van der Waals surface area (Å²) < 4.78 is 5.18. The number of hydrogen-bond acceptors (Lipinski definition) is 6. The van der Waals surface area contributed by atoms with Gasteiger partial charge in [0.25, 0.3) is 0 Å². The van der Waals surface area contributed by atoms with Crippen LogP contribution >= 0.6 is 11.3 Å². The fourth-order valence-corrected chi connectivity index (χ4v) is 4.02. The topological polar surface area (TPSA) is 72.1 Å². The Labute approximate surface area is 146 Å². The molecule has 0 aliphatic carbocycles. The van der Waals surface area contributed by atoms with Crippen LogP contribution in [0.4, 0.5) is 0 Å². The summed E-state index contributed by atoms with van der Waals surface area (Å²) in [5, 5.41) is 7.03. The molecule has 1 saturated heterocycles. The smallest absolute Gasteiger partial charge is 0.226 e. The monoisotopic (exact) mass is 348 g/mol. The summed E-state index contributed by atoms with van der Waals surface area (Å²) in [6, 6.07) is 0.153. The standard InChI is InChI=1S/C17H24N4O2S/c1-3-14-19-15(23-20-14)8-6-9-16(22)21-10-5-4-7-13(21)17-18-12(2)11-24-17/h11,13H,3-10H2,1-2H3/t13-/m1/s1. The lowest BCUT2D eigenvalue weighted by Gasteiger charge is -2.34. The lowest BCUT2D eigenvalue weighted by Crippen LogP contribution is -2.38. The lowest BCUT2D eigenvalue weighted by molar-refractivity contribution is -0.135. The second-order valence-electron chi connectivity index (χ2n) is 6.24. The second kappa shape index (κ2) is 7.88. The Kier molecular flexibility index (Phi) is 5.60. The SMILES string of the molecule is CCc1noc(CCCC(=O)N2CCCC[C@@H]2c2nc(C)cs2)n1. The van der Waals surface area contributed by atoms with Crippen LogP contribution in [-0.4, -0.2) is 32.5 Å². The number of amides is 1. The molecule has 0 radical (unpaired) electrons. The predicted molar refractivity (Wildman–Crippen MR) is 91.8 cm³/mol. The Morgan fingerprint density at radius 1 is 1.42 bits per heavy atom. The van der Waals surface area contributed by atoms with E-state index < -0.39 is 0 Å². The first-order valence-electron chi connectivity index (χ1n) is 8.70. The molecular weight excluding hydrogens is 324 g/mol. The van der Waals surface area contributed by atoms with Gasteiger partial charge in [0.2, 0.25) is 11.8 Å². The molecule has 2 aromatic rings. The molecule has 1 aliphatic rings. The number of hydrogen-bond donors (Lipinski definition) is 0. The van der Waals surface area contributed by atoms with E-state index in [2.05, 4.69) is 20.5 Å². The fourth-order valence-electron chi connectivity index (χ4n) is 3.08. The zero-order valence-electron chi connectivity index (χ0n) is 14.3. The first kappa shape index (κ1) is 17.1. The quantitative estimate of drug-likeness (QED) is 0.799. The van der Waals surface area contributed by atoms with Crippen molar-refractivity contribution in [2.45, 2.75) is 64.8 Å². The number of rotatable bonds is 6. The van der Waals surface area contributed by atoms with Crippen molar-refractivity contribution in [3.05, 3.63) is 27.8 Å². The largest absolute Gasteiger partial charge is 0.339 e. The van der Waals surface area contributed by atoms with Crippen molar-refractivity contribution >= 4 is 17.2 Å². The van der Waals surface area contributed by atoms with Gasteiger partial charge in [0, 0.05) is 36.9 Å². The molecular formula is C17H24N4O2S. The third kappa shape index (κ3) is 4.01. The van der Waals surface area contributed by atoms with Gasteiger partial charge in [0.1, 0.15) is 5.01 Å². The van der Waals surface area contributed by atoms with Gasteiger partial charge in [-0.3, -0.25) is 4.79 Å². The number of piperidine rings is 1. The highest BCUT2D eigenvalue weighted by Gasteiger charge is 2.29. The number of aryl methyl sites for hydroxylation is 3. The summed E-state index contributed by atoms with van der Waals surface area (Å²) in [7, 11) is 0. The van der Waals surface area contributed by atoms with Gasteiger partial charge >= 0.3 is 0 Å². The van der Waals surface area contributed by atoms with E-state index >= 15 is 0 Å². The zero-order chi connectivity index (χ0) is 16.9. The van der Waals surface area contributed by atoms with Gasteiger partial charge in [-0.2, -0.15) is 4.98 Å². The third-order valence-electron chi connectivity index (χ3n) is 4.35. The highest BCUT2D eigenvalue weighted by Crippen LogP contribution is 2.33. The molecule has 1 fully saturated rings. The van der Waals surface area contributed by atoms with Crippen LogP contribution < -0.4 is 0 Å². The van der Waals surface area contributed by atoms with E-state index in [4.69, 9.17) is 4.52 Å². The maximum Gasteiger partial charge on any atom is 0.226 e. The number of aromatic nitrogens is 3. The summed E-state index contributed by atoms with van der Waals surface area (Å²) in [4.78, 5) is 23.6. The summed E-state index contributed by atoms with van der Waals surface area (Å²) in [5.41, 5.74) is 1.04. The van der Waals surface area contributed by atoms with E-state index in [-0.39, 0.29) is 11.9 Å². The van der Waals surface area contributed by atoms with Crippen molar-refractivity contribution in [3.63, 3.8) is 0 Å². The molecule has 0 bridgehead atoms. The van der Waals surface area contributed by atoms with Crippen molar-refractivity contribution in [3.8, 4) is 0 Å². The Hall–Kier alpha value is -1.76. The molecule has 7 heteroatoms. The summed E-state index contributed by atoms with van der Waals surface area (Å²) in [5.74, 6) is 1.57. The molecule has 0 N–H and O–H groups in total. The van der Waals surface area contributed by atoms with Crippen molar-refractivity contribution in [1.82, 2.24) is 20.0 Å². The van der Waals surface area contributed by atoms with E-state index in [0.717, 1.165) is 55.2 Å². The average Bonchev–Trinajstić information content (AvgIpc) is 3.23. The molecule has 2 aromatic heterocycles. The molecule has 0 saturated carbocycles. The minimum absolute atomic E-state index is 0.153. The number of carbonyl (C=O) groups excluding carboxylic acids is 1. The first-order valence-corrected chi connectivity index (χ1v) is 9.58. The van der Waals surface area contributed by atoms with Crippen LogP contribution in [0.3, 0.4) is 0 Å². The van der Waals surface area contributed by atoms with Crippen LogP contribution in [0.2, 0.25) is 0 Å². The lowest BCUT2D eigenvalue weighted by atomic mass is 10.0. The molecule has 130 valence electrons. The molecule has 0 aromatic carbocycles. The molecule has 1 atom stereocenters. The number of likely N-dealkylation sites (tertiary alicyclic amines) is 1. The van der Waals surface area contributed by atoms with Crippen LogP contribution in [0.25, 0.3) is 0 Å². The molecule has 6 nitrogen and oxygen atoms in total. The first-order chi connectivity index (χ1) is 11.7. The van der Waals surface area contributed by atoms with Gasteiger partial charge in [-0.25, -0.2) is 4.98 Å². The van der Waals surface area contributed by atoms with Crippen LogP contribution in [0, 0.1) is 6.92 Å². The molecule has 0 unspecified atom stereocenters. The van der Waals surface area contributed by atoms with E-state index in [1.165, 1.54) is 0 Å². The molecule has 1 amide bonds. The Bertz CT molecular complexity index is 682. The van der Waals surface area contributed by atoms with Crippen LogP contribution in [-0.2, 0) is 17.6 Å². The maximum absolute atomic E-state index is 12.7. The third-order valence-corrected chi connectivity index (χ3v) is 5.42. The minimum atomic E-state index is 0.153. The van der Waals surface area contributed by atoms with Crippen molar-refractivity contribution in [2.24, 2.45) is 0 Å². The van der Waals surface area contributed by atoms with Crippen LogP contribution in [0.15, 0.2) is 9.90 Å².